The number of rotatable bonds is 6. The molecule has 1 aromatic carbocycles. The molecule has 0 saturated heterocycles. The molecule has 0 bridgehead atoms. The first kappa shape index (κ1) is 14.8. The van der Waals surface area contributed by atoms with Crippen LogP contribution in [-0.4, -0.2) is 29.6 Å². The van der Waals surface area contributed by atoms with Crippen LogP contribution in [0.15, 0.2) is 18.2 Å². The number of ether oxygens (including phenoxy) is 1. The molecule has 0 radical (unpaired) electrons. The molecule has 1 aromatic rings. The standard InChI is InChI=1S/C13H18N2O4/c1-3-8(2)15-12(16)7-19-11-5-4-9(14)6-10(11)13(17)18/h4-6,8H,3,7,14H2,1-2H3,(H,15,16)(H,17,18). The van der Waals surface area contributed by atoms with Crippen molar-refractivity contribution in [1.29, 1.82) is 0 Å². The predicted molar refractivity (Wildman–Crippen MR) is 71.2 cm³/mol. The van der Waals surface area contributed by atoms with Crippen molar-refractivity contribution in [1.82, 2.24) is 5.32 Å². The van der Waals surface area contributed by atoms with Gasteiger partial charge in [0.05, 0.1) is 0 Å². The van der Waals surface area contributed by atoms with Crippen molar-refractivity contribution in [2.45, 2.75) is 26.3 Å². The van der Waals surface area contributed by atoms with Crippen LogP contribution >= 0.6 is 0 Å². The zero-order valence-corrected chi connectivity index (χ0v) is 11.0. The minimum absolute atomic E-state index is 0.0569. The summed E-state index contributed by atoms with van der Waals surface area (Å²) in [5, 5.41) is 11.7. The summed E-state index contributed by atoms with van der Waals surface area (Å²) < 4.78 is 5.21. The summed E-state index contributed by atoms with van der Waals surface area (Å²) in [5.41, 5.74) is 5.78. The first-order chi connectivity index (χ1) is 8.93. The van der Waals surface area contributed by atoms with E-state index in [-0.39, 0.29) is 29.9 Å². The molecule has 0 spiro atoms. The van der Waals surface area contributed by atoms with Crippen LogP contribution in [0.2, 0.25) is 0 Å². The van der Waals surface area contributed by atoms with Gasteiger partial charge in [-0.2, -0.15) is 0 Å². The van der Waals surface area contributed by atoms with Crippen molar-refractivity contribution in [3.63, 3.8) is 0 Å². The van der Waals surface area contributed by atoms with Crippen molar-refractivity contribution < 1.29 is 19.4 Å². The molecule has 0 aliphatic rings. The third kappa shape index (κ3) is 4.50. The average Bonchev–Trinajstić information content (AvgIpc) is 2.36. The molecular formula is C13H18N2O4. The second kappa shape index (κ2) is 6.63. The number of nitrogens with one attached hydrogen (secondary N) is 1. The Morgan fingerprint density at radius 2 is 2.16 bits per heavy atom. The SMILES string of the molecule is CCC(C)NC(=O)COc1ccc(N)cc1C(=O)O. The van der Waals surface area contributed by atoms with E-state index in [0.717, 1.165) is 6.42 Å². The maximum Gasteiger partial charge on any atom is 0.339 e. The minimum atomic E-state index is -1.15. The zero-order chi connectivity index (χ0) is 14.4. The van der Waals surface area contributed by atoms with E-state index in [0.29, 0.717) is 5.69 Å². The Morgan fingerprint density at radius 1 is 1.47 bits per heavy atom. The van der Waals surface area contributed by atoms with Crippen LogP contribution in [0.3, 0.4) is 0 Å². The molecule has 1 atom stereocenters. The van der Waals surface area contributed by atoms with Crippen LogP contribution in [0.5, 0.6) is 5.75 Å². The summed E-state index contributed by atoms with van der Waals surface area (Å²) in [7, 11) is 0. The van der Waals surface area contributed by atoms with Gasteiger partial charge < -0.3 is 20.9 Å². The molecule has 104 valence electrons. The van der Waals surface area contributed by atoms with E-state index in [1.165, 1.54) is 18.2 Å². The van der Waals surface area contributed by atoms with Gasteiger partial charge in [-0.05, 0) is 31.5 Å². The number of carboxylic acid groups (broad SMARTS) is 1. The van der Waals surface area contributed by atoms with E-state index in [4.69, 9.17) is 15.6 Å². The van der Waals surface area contributed by atoms with Crippen LogP contribution in [0.1, 0.15) is 30.6 Å². The largest absolute Gasteiger partial charge is 0.483 e. The lowest BCUT2D eigenvalue weighted by molar-refractivity contribution is -0.123. The van der Waals surface area contributed by atoms with Gasteiger partial charge in [-0.15, -0.1) is 0 Å². The predicted octanol–water partition coefficient (Wildman–Crippen LogP) is 1.26. The normalized spacial score (nSPS) is 11.7. The van der Waals surface area contributed by atoms with Crippen LogP contribution in [0.4, 0.5) is 5.69 Å². The number of nitrogen functional groups attached to an aromatic ring is 1. The lowest BCUT2D eigenvalue weighted by Gasteiger charge is -2.13. The fraction of sp³-hybridized carbons (Fsp3) is 0.385. The van der Waals surface area contributed by atoms with Crippen LogP contribution < -0.4 is 15.8 Å². The Hall–Kier alpha value is -2.24. The van der Waals surface area contributed by atoms with E-state index in [1.807, 2.05) is 13.8 Å². The first-order valence-corrected chi connectivity index (χ1v) is 5.99. The Balaban J connectivity index is 2.67. The van der Waals surface area contributed by atoms with Crippen molar-refractivity contribution >= 4 is 17.6 Å². The van der Waals surface area contributed by atoms with E-state index in [9.17, 15) is 9.59 Å². The third-order valence-electron chi connectivity index (χ3n) is 2.61. The topological polar surface area (TPSA) is 102 Å². The molecular weight excluding hydrogens is 248 g/mol. The second-order valence-corrected chi connectivity index (χ2v) is 4.23. The van der Waals surface area contributed by atoms with E-state index < -0.39 is 5.97 Å². The number of carbonyl (C=O) groups is 2. The number of carboxylic acids is 1. The number of benzene rings is 1. The lowest BCUT2D eigenvalue weighted by Crippen LogP contribution is -2.35. The lowest BCUT2D eigenvalue weighted by atomic mass is 10.2. The van der Waals surface area contributed by atoms with Gasteiger partial charge in [-0.25, -0.2) is 4.79 Å². The number of aromatic carboxylic acids is 1. The highest BCUT2D eigenvalue weighted by Gasteiger charge is 2.13. The molecule has 0 aliphatic heterocycles. The first-order valence-electron chi connectivity index (χ1n) is 5.99. The second-order valence-electron chi connectivity index (χ2n) is 4.23. The summed E-state index contributed by atoms with van der Waals surface area (Å²) >= 11 is 0. The molecule has 1 amide bonds. The average molecular weight is 266 g/mol. The van der Waals surface area contributed by atoms with Gasteiger partial charge in [0.2, 0.25) is 0 Å². The summed E-state index contributed by atoms with van der Waals surface area (Å²) in [6.45, 7) is 3.60. The van der Waals surface area contributed by atoms with Crippen LogP contribution in [-0.2, 0) is 4.79 Å². The fourth-order valence-electron chi connectivity index (χ4n) is 1.40. The summed E-state index contributed by atoms with van der Waals surface area (Å²) in [6, 6.07) is 4.31. The Morgan fingerprint density at radius 3 is 2.74 bits per heavy atom. The number of hydrogen-bond donors (Lipinski definition) is 3. The smallest absolute Gasteiger partial charge is 0.339 e. The highest BCUT2D eigenvalue weighted by Crippen LogP contribution is 2.21. The monoisotopic (exact) mass is 266 g/mol. The summed E-state index contributed by atoms with van der Waals surface area (Å²) in [4.78, 5) is 22.5. The number of nitrogens with two attached hydrogens (primary N) is 1. The number of anilines is 1. The van der Waals surface area contributed by atoms with E-state index in [2.05, 4.69) is 5.32 Å². The quantitative estimate of drug-likeness (QED) is 0.673. The van der Waals surface area contributed by atoms with Gasteiger partial charge in [-0.1, -0.05) is 6.92 Å². The van der Waals surface area contributed by atoms with Gasteiger partial charge >= 0.3 is 5.97 Å². The summed E-state index contributed by atoms with van der Waals surface area (Å²) in [5.74, 6) is -1.31. The minimum Gasteiger partial charge on any atom is -0.483 e. The summed E-state index contributed by atoms with van der Waals surface area (Å²) in [6.07, 6.45) is 0.813. The molecule has 4 N–H and O–H groups in total. The van der Waals surface area contributed by atoms with E-state index in [1.54, 1.807) is 0 Å². The van der Waals surface area contributed by atoms with E-state index >= 15 is 0 Å². The molecule has 6 nitrogen and oxygen atoms in total. The number of amides is 1. The van der Waals surface area contributed by atoms with Gasteiger partial charge in [0.1, 0.15) is 11.3 Å². The molecule has 0 fully saturated rings. The molecule has 6 heteroatoms. The Bertz CT molecular complexity index is 474. The molecule has 1 unspecified atom stereocenters. The molecule has 1 rings (SSSR count). The van der Waals surface area contributed by atoms with Gasteiger partial charge in [0.25, 0.3) is 5.91 Å². The van der Waals surface area contributed by atoms with Gasteiger partial charge in [0, 0.05) is 11.7 Å². The molecule has 0 heterocycles. The maximum atomic E-state index is 11.5. The molecule has 19 heavy (non-hydrogen) atoms. The highest BCUT2D eigenvalue weighted by molar-refractivity contribution is 5.92. The van der Waals surface area contributed by atoms with Crippen molar-refractivity contribution in [2.75, 3.05) is 12.3 Å². The number of carbonyl (C=O) groups excluding carboxylic acids is 1. The highest BCUT2D eigenvalue weighted by atomic mass is 16.5. The number of hydrogen-bond acceptors (Lipinski definition) is 4. The Labute approximate surface area is 111 Å². The Kier molecular flexibility index (Phi) is 5.17. The third-order valence-corrected chi connectivity index (χ3v) is 2.61. The van der Waals surface area contributed by atoms with Gasteiger partial charge in [0.15, 0.2) is 6.61 Å². The fourth-order valence-corrected chi connectivity index (χ4v) is 1.40. The zero-order valence-electron chi connectivity index (χ0n) is 11.0. The van der Waals surface area contributed by atoms with Crippen LogP contribution in [0, 0.1) is 0 Å². The maximum absolute atomic E-state index is 11.5. The molecule has 0 saturated carbocycles. The van der Waals surface area contributed by atoms with Crippen LogP contribution in [0.25, 0.3) is 0 Å². The van der Waals surface area contributed by atoms with Gasteiger partial charge in [-0.3, -0.25) is 4.79 Å². The van der Waals surface area contributed by atoms with Crippen molar-refractivity contribution in [3.8, 4) is 5.75 Å². The van der Waals surface area contributed by atoms with Crippen molar-refractivity contribution in [2.24, 2.45) is 0 Å². The van der Waals surface area contributed by atoms with Crippen molar-refractivity contribution in [3.05, 3.63) is 23.8 Å². The molecule has 0 aromatic heterocycles. The molecule has 0 aliphatic carbocycles.